The Morgan fingerprint density at radius 2 is 2.54 bits per heavy atom. The maximum absolute atomic E-state index is 11.6. The molecule has 0 saturated heterocycles. The average Bonchev–Trinajstić information content (AvgIpc) is 2.23. The zero-order valence-corrected chi connectivity index (χ0v) is 6.90. The summed E-state index contributed by atoms with van der Waals surface area (Å²) < 4.78 is 73.1. The van der Waals surface area contributed by atoms with Gasteiger partial charge in [-0.05, 0) is 12.1 Å². The molecule has 0 unspecified atom stereocenters. The predicted octanol–water partition coefficient (Wildman–Crippen LogP) is -0.229. The SMILES string of the molecule is [2H]c1nc([2H])c(C(=O)NS(=O)(=O)C([2H])([2H])[2H])c([2H])c1[2H]. The van der Waals surface area contributed by atoms with E-state index in [4.69, 9.17) is 9.60 Å². The summed E-state index contributed by atoms with van der Waals surface area (Å²) in [6.45, 7) is 0. The number of hydrogen-bond donors (Lipinski definition) is 1. The minimum Gasteiger partial charge on any atom is -0.268 e. The van der Waals surface area contributed by atoms with Crippen molar-refractivity contribution in [2.24, 2.45) is 0 Å². The van der Waals surface area contributed by atoms with Crippen LogP contribution in [0.15, 0.2) is 24.4 Å². The largest absolute Gasteiger partial charge is 0.268 e. The molecule has 1 aromatic rings. The standard InChI is InChI=1S/C7H8N2O3S/c1-13(11,12)9-7(10)6-3-2-4-8-5-6/h2-5H,1H3,(H,9,10)/i1D3,2D,3D,4D,5D. The second-order valence-corrected chi connectivity index (χ2v) is 3.11. The van der Waals surface area contributed by atoms with Crippen molar-refractivity contribution in [1.82, 2.24) is 9.71 Å². The van der Waals surface area contributed by atoms with Crippen LogP contribution in [0.25, 0.3) is 0 Å². The second-order valence-electron chi connectivity index (χ2n) is 1.90. The summed E-state index contributed by atoms with van der Waals surface area (Å²) in [5.41, 5.74) is -0.890. The van der Waals surface area contributed by atoms with Gasteiger partial charge in [0, 0.05) is 16.5 Å². The number of pyridine rings is 1. The Bertz CT molecular complexity index is 670. The molecule has 70 valence electrons. The van der Waals surface area contributed by atoms with Crippen molar-refractivity contribution in [1.29, 1.82) is 0 Å². The molecule has 5 nitrogen and oxygen atoms in total. The lowest BCUT2D eigenvalue weighted by Gasteiger charge is -2.00. The van der Waals surface area contributed by atoms with Gasteiger partial charge in [0.15, 0.2) is 0 Å². The third-order valence-corrected chi connectivity index (χ3v) is 1.38. The molecule has 0 aliphatic carbocycles. The lowest BCUT2D eigenvalue weighted by Crippen LogP contribution is -2.29. The summed E-state index contributed by atoms with van der Waals surface area (Å²) in [6, 6.07) is -1.66. The van der Waals surface area contributed by atoms with Crippen LogP contribution >= 0.6 is 0 Å². The Labute approximate surface area is 85.7 Å². The first kappa shape index (κ1) is 3.75. The Balaban J connectivity index is 3.29. The summed E-state index contributed by atoms with van der Waals surface area (Å²) in [4.78, 5) is 14.8. The van der Waals surface area contributed by atoms with Crippen molar-refractivity contribution in [2.45, 2.75) is 0 Å². The highest BCUT2D eigenvalue weighted by Gasteiger charge is 2.09. The molecule has 1 rings (SSSR count). The van der Waals surface area contributed by atoms with Crippen molar-refractivity contribution in [3.05, 3.63) is 30.0 Å². The van der Waals surface area contributed by atoms with E-state index in [2.05, 4.69) is 4.98 Å². The van der Waals surface area contributed by atoms with Crippen LogP contribution in [0.3, 0.4) is 0 Å². The van der Waals surface area contributed by atoms with Gasteiger partial charge in [0.25, 0.3) is 5.91 Å². The molecule has 0 aromatic carbocycles. The van der Waals surface area contributed by atoms with Crippen LogP contribution in [0.2, 0.25) is 0 Å². The van der Waals surface area contributed by atoms with E-state index in [1.807, 2.05) is 0 Å². The maximum atomic E-state index is 11.6. The van der Waals surface area contributed by atoms with Crippen molar-refractivity contribution in [2.75, 3.05) is 6.18 Å². The summed E-state index contributed by atoms with van der Waals surface area (Å²) in [5, 5.41) is 0. The zero-order chi connectivity index (χ0) is 15.9. The zero-order valence-electron chi connectivity index (χ0n) is 13.1. The molecule has 13 heavy (non-hydrogen) atoms. The van der Waals surface area contributed by atoms with E-state index in [0.29, 0.717) is 0 Å². The van der Waals surface area contributed by atoms with Crippen molar-refractivity contribution in [3.8, 4) is 0 Å². The number of amides is 1. The fraction of sp³-hybridized carbons (Fsp3) is 0.143. The number of carbonyl (C=O) groups is 1. The second kappa shape index (κ2) is 3.53. The Kier molecular flexibility index (Phi) is 1.02. The third kappa shape index (κ3) is 3.20. The van der Waals surface area contributed by atoms with E-state index >= 15 is 0 Å². The maximum Gasteiger partial charge on any atom is 0.266 e. The first-order valence-corrected chi connectivity index (χ1v) is 4.38. The van der Waals surface area contributed by atoms with Crippen LogP contribution in [0.1, 0.15) is 20.0 Å². The van der Waals surface area contributed by atoms with Crippen LogP contribution < -0.4 is 4.72 Å². The number of rotatable bonds is 2. The molecule has 1 amide bonds. The number of nitrogens with one attached hydrogen (secondary N) is 1. The first-order valence-electron chi connectivity index (χ1n) is 6.39. The third-order valence-electron chi connectivity index (χ3n) is 0.921. The normalized spacial score (nSPS) is 19.5. The van der Waals surface area contributed by atoms with Gasteiger partial charge in [-0.1, -0.05) is 0 Å². The molecule has 0 aliphatic heterocycles. The van der Waals surface area contributed by atoms with E-state index in [1.165, 1.54) is 4.72 Å². The van der Waals surface area contributed by atoms with Gasteiger partial charge < -0.3 is 0 Å². The van der Waals surface area contributed by atoms with E-state index in [0.717, 1.165) is 0 Å². The molecule has 0 atom stereocenters. The topological polar surface area (TPSA) is 76.1 Å². The Morgan fingerprint density at radius 1 is 1.77 bits per heavy atom. The molecule has 1 aromatic heterocycles. The van der Waals surface area contributed by atoms with Gasteiger partial charge in [0.1, 0.15) is 0 Å². The lowest BCUT2D eigenvalue weighted by molar-refractivity contribution is 0.0981. The Hall–Kier alpha value is -1.43. The number of aromatic nitrogens is 1. The molecular weight excluding hydrogens is 192 g/mol. The first-order chi connectivity index (χ1) is 8.88. The van der Waals surface area contributed by atoms with E-state index in [9.17, 15) is 13.2 Å². The number of hydrogen-bond acceptors (Lipinski definition) is 4. The van der Waals surface area contributed by atoms with Crippen LogP contribution in [0.4, 0.5) is 0 Å². The fourth-order valence-corrected chi connectivity index (χ4v) is 0.857. The summed E-state index contributed by atoms with van der Waals surface area (Å²) in [6.07, 6.45) is -5.12. The van der Waals surface area contributed by atoms with Crippen LogP contribution in [0, 0.1) is 0 Å². The molecule has 0 aliphatic rings. The van der Waals surface area contributed by atoms with Gasteiger partial charge in [-0.15, -0.1) is 0 Å². The lowest BCUT2D eigenvalue weighted by atomic mass is 10.3. The highest BCUT2D eigenvalue weighted by molar-refractivity contribution is 7.89. The molecular formula is C7H8N2O3S. The number of carbonyl (C=O) groups excluding carboxylic acids is 1. The quantitative estimate of drug-likeness (QED) is 0.727. The smallest absolute Gasteiger partial charge is 0.266 e. The fourth-order valence-electron chi connectivity index (χ4n) is 0.511. The molecule has 0 bridgehead atoms. The summed E-state index contributed by atoms with van der Waals surface area (Å²) in [7, 11) is -5.00. The Morgan fingerprint density at radius 3 is 3.23 bits per heavy atom. The number of sulfonamides is 1. The van der Waals surface area contributed by atoms with Crippen molar-refractivity contribution in [3.63, 3.8) is 0 Å². The van der Waals surface area contributed by atoms with Crippen LogP contribution in [-0.4, -0.2) is 25.5 Å². The minimum atomic E-state index is -5.00. The molecule has 0 radical (unpaired) electrons. The van der Waals surface area contributed by atoms with Crippen LogP contribution in [-0.2, 0) is 10.0 Å². The van der Waals surface area contributed by atoms with Crippen molar-refractivity contribution < 1.29 is 22.8 Å². The minimum absolute atomic E-state index is 0.727. The van der Waals surface area contributed by atoms with Crippen LogP contribution in [0.5, 0.6) is 0 Å². The van der Waals surface area contributed by atoms with Gasteiger partial charge >= 0.3 is 0 Å². The molecule has 0 fully saturated rings. The molecule has 1 heterocycles. The summed E-state index contributed by atoms with van der Waals surface area (Å²) >= 11 is 0. The molecule has 0 spiro atoms. The van der Waals surface area contributed by atoms with Gasteiger partial charge in [-0.25, -0.2) is 13.1 Å². The molecule has 0 saturated carbocycles. The van der Waals surface area contributed by atoms with Gasteiger partial charge in [-0.2, -0.15) is 0 Å². The van der Waals surface area contributed by atoms with Gasteiger partial charge in [0.2, 0.25) is 10.0 Å². The van der Waals surface area contributed by atoms with E-state index in [-0.39, 0.29) is 0 Å². The average molecular weight is 207 g/mol. The van der Waals surface area contributed by atoms with E-state index < -0.39 is 52.1 Å². The predicted molar refractivity (Wildman–Crippen MR) is 46.5 cm³/mol. The monoisotopic (exact) mass is 207 g/mol. The highest BCUT2D eigenvalue weighted by atomic mass is 32.2. The molecule has 1 N–H and O–H groups in total. The van der Waals surface area contributed by atoms with Gasteiger partial charge in [-0.3, -0.25) is 9.78 Å². The summed E-state index contributed by atoms with van der Waals surface area (Å²) in [5.74, 6) is -1.56. The number of nitrogens with zero attached hydrogens (tertiary/aromatic N) is 1. The van der Waals surface area contributed by atoms with Gasteiger partial charge in [0.05, 0.1) is 17.2 Å². The molecule has 6 heteroatoms. The highest BCUT2D eigenvalue weighted by Crippen LogP contribution is 1.95. The van der Waals surface area contributed by atoms with Crippen molar-refractivity contribution >= 4 is 15.9 Å². The van der Waals surface area contributed by atoms with E-state index in [1.54, 1.807) is 0 Å².